The molecule has 0 aliphatic heterocycles. The molecule has 1 heterocycles. The Bertz CT molecular complexity index is 455. The molecule has 106 valence electrons. The molecule has 1 aromatic heterocycles. The summed E-state index contributed by atoms with van der Waals surface area (Å²) < 4.78 is 3.91. The zero-order valence-corrected chi connectivity index (χ0v) is 13.1. The van der Waals surface area contributed by atoms with Gasteiger partial charge in [-0.15, -0.1) is 16.7 Å². The fraction of sp³-hybridized carbons (Fsp3) is 0.769. The van der Waals surface area contributed by atoms with Crippen LogP contribution in [0.1, 0.15) is 55.4 Å². The van der Waals surface area contributed by atoms with E-state index in [-0.39, 0.29) is 16.7 Å². The summed E-state index contributed by atoms with van der Waals surface area (Å²) in [4.78, 5) is 12.8. The Morgan fingerprint density at radius 2 is 2.21 bits per heavy atom. The zero-order chi connectivity index (χ0) is 14.0. The standard InChI is InChI=1S/C13H20ClN3OS/c1-13(2,3)11-10(19-17-16-11)12(18)15-7-8-4-5-9(14)6-8/h8-9H,4-7H2,1-3H3,(H,15,18). The maximum atomic E-state index is 12.2. The second-order valence-electron chi connectivity index (χ2n) is 6.19. The minimum absolute atomic E-state index is 0.0575. The van der Waals surface area contributed by atoms with Gasteiger partial charge in [-0.25, -0.2) is 0 Å². The van der Waals surface area contributed by atoms with Gasteiger partial charge in [0.1, 0.15) is 4.88 Å². The van der Waals surface area contributed by atoms with E-state index >= 15 is 0 Å². The third-order valence-corrected chi connectivity index (χ3v) is 4.55. The summed E-state index contributed by atoms with van der Waals surface area (Å²) in [5.74, 6) is 0.448. The minimum atomic E-state index is -0.158. The number of hydrogen-bond donors (Lipinski definition) is 1. The Morgan fingerprint density at radius 1 is 1.47 bits per heavy atom. The topological polar surface area (TPSA) is 54.9 Å². The van der Waals surface area contributed by atoms with Crippen molar-refractivity contribution in [3.8, 4) is 0 Å². The molecular weight excluding hydrogens is 282 g/mol. The molecule has 1 N–H and O–H groups in total. The molecule has 2 unspecified atom stereocenters. The van der Waals surface area contributed by atoms with Crippen LogP contribution in [0.2, 0.25) is 0 Å². The van der Waals surface area contributed by atoms with Crippen LogP contribution in [0.4, 0.5) is 0 Å². The van der Waals surface area contributed by atoms with E-state index in [0.29, 0.717) is 17.3 Å². The molecule has 0 aromatic carbocycles. The van der Waals surface area contributed by atoms with Crippen LogP contribution < -0.4 is 5.32 Å². The van der Waals surface area contributed by atoms with Gasteiger partial charge in [-0.3, -0.25) is 4.79 Å². The summed E-state index contributed by atoms with van der Waals surface area (Å²) in [7, 11) is 0. The number of alkyl halides is 1. The van der Waals surface area contributed by atoms with Crippen molar-refractivity contribution in [3.05, 3.63) is 10.6 Å². The molecule has 1 aromatic rings. The van der Waals surface area contributed by atoms with Crippen LogP contribution in [0.15, 0.2) is 0 Å². The van der Waals surface area contributed by atoms with Crippen molar-refractivity contribution in [2.45, 2.75) is 50.8 Å². The Labute approximate surface area is 123 Å². The molecule has 1 saturated carbocycles. The second-order valence-corrected chi connectivity index (χ2v) is 7.56. The first-order valence-corrected chi connectivity index (χ1v) is 7.84. The second kappa shape index (κ2) is 5.75. The Balaban J connectivity index is 1.95. The smallest absolute Gasteiger partial charge is 0.264 e. The van der Waals surface area contributed by atoms with E-state index < -0.39 is 0 Å². The normalized spacial score (nSPS) is 23.6. The van der Waals surface area contributed by atoms with Gasteiger partial charge in [-0.1, -0.05) is 25.3 Å². The Hall–Kier alpha value is -0.680. The molecule has 0 bridgehead atoms. The lowest BCUT2D eigenvalue weighted by Gasteiger charge is -2.16. The largest absolute Gasteiger partial charge is 0.351 e. The van der Waals surface area contributed by atoms with Gasteiger partial charge < -0.3 is 5.32 Å². The number of halogens is 1. The number of carbonyl (C=O) groups excluding carboxylic acids is 1. The number of carbonyl (C=O) groups is 1. The molecule has 0 spiro atoms. The third kappa shape index (κ3) is 3.66. The van der Waals surface area contributed by atoms with Crippen molar-refractivity contribution in [2.24, 2.45) is 5.92 Å². The van der Waals surface area contributed by atoms with Crippen molar-refractivity contribution in [3.63, 3.8) is 0 Å². The van der Waals surface area contributed by atoms with E-state index in [1.54, 1.807) is 0 Å². The average Bonchev–Trinajstić information content (AvgIpc) is 2.93. The third-order valence-electron chi connectivity index (χ3n) is 3.43. The highest BCUT2D eigenvalue weighted by Crippen LogP contribution is 2.29. The Kier molecular flexibility index (Phi) is 4.46. The fourth-order valence-electron chi connectivity index (χ4n) is 2.35. The van der Waals surface area contributed by atoms with Gasteiger partial charge in [0.05, 0.1) is 5.69 Å². The van der Waals surface area contributed by atoms with E-state index in [9.17, 15) is 4.79 Å². The lowest BCUT2D eigenvalue weighted by Crippen LogP contribution is -2.30. The number of rotatable bonds is 3. The van der Waals surface area contributed by atoms with Gasteiger partial charge >= 0.3 is 0 Å². The first kappa shape index (κ1) is 14.7. The number of aromatic nitrogens is 2. The summed E-state index contributed by atoms with van der Waals surface area (Å²) in [5.41, 5.74) is 0.616. The summed E-state index contributed by atoms with van der Waals surface area (Å²) in [6.07, 6.45) is 3.15. The average molecular weight is 302 g/mol. The molecule has 1 aliphatic carbocycles. The molecule has 1 amide bonds. The molecule has 19 heavy (non-hydrogen) atoms. The van der Waals surface area contributed by atoms with Gasteiger partial charge in [0.2, 0.25) is 0 Å². The van der Waals surface area contributed by atoms with Crippen molar-refractivity contribution in [1.29, 1.82) is 0 Å². The van der Waals surface area contributed by atoms with Crippen LogP contribution in [-0.2, 0) is 5.41 Å². The molecule has 1 aliphatic rings. The van der Waals surface area contributed by atoms with Crippen LogP contribution in [0.5, 0.6) is 0 Å². The van der Waals surface area contributed by atoms with Crippen molar-refractivity contribution < 1.29 is 4.79 Å². The number of nitrogens with one attached hydrogen (secondary N) is 1. The summed E-state index contributed by atoms with van der Waals surface area (Å²) >= 11 is 7.24. The quantitative estimate of drug-likeness (QED) is 0.873. The molecule has 2 rings (SSSR count). The highest BCUT2D eigenvalue weighted by Gasteiger charge is 2.27. The van der Waals surface area contributed by atoms with E-state index in [0.717, 1.165) is 25.0 Å². The van der Waals surface area contributed by atoms with Crippen LogP contribution in [0.3, 0.4) is 0 Å². The van der Waals surface area contributed by atoms with Gasteiger partial charge in [0.25, 0.3) is 5.91 Å². The maximum absolute atomic E-state index is 12.2. The number of hydrogen-bond acceptors (Lipinski definition) is 4. The van der Waals surface area contributed by atoms with Crippen LogP contribution in [0, 0.1) is 5.92 Å². The number of nitrogens with zero attached hydrogens (tertiary/aromatic N) is 2. The predicted octanol–water partition coefficient (Wildman–Crippen LogP) is 2.97. The van der Waals surface area contributed by atoms with E-state index in [2.05, 4.69) is 14.9 Å². The molecular formula is C13H20ClN3OS. The van der Waals surface area contributed by atoms with Crippen molar-refractivity contribution in [2.75, 3.05) is 6.54 Å². The highest BCUT2D eigenvalue weighted by molar-refractivity contribution is 7.08. The Morgan fingerprint density at radius 3 is 2.79 bits per heavy atom. The predicted molar refractivity (Wildman–Crippen MR) is 77.9 cm³/mol. The van der Waals surface area contributed by atoms with Crippen LogP contribution in [0.25, 0.3) is 0 Å². The first-order chi connectivity index (χ1) is 8.88. The molecule has 1 fully saturated rings. The summed E-state index contributed by atoms with van der Waals surface area (Å²) in [5, 5.41) is 7.35. The molecule has 0 saturated heterocycles. The van der Waals surface area contributed by atoms with Crippen LogP contribution in [-0.4, -0.2) is 27.4 Å². The van der Waals surface area contributed by atoms with Gasteiger partial charge in [0, 0.05) is 17.3 Å². The zero-order valence-electron chi connectivity index (χ0n) is 11.6. The first-order valence-electron chi connectivity index (χ1n) is 6.63. The number of amides is 1. The SMILES string of the molecule is CC(C)(C)c1nnsc1C(=O)NCC1CCC(Cl)C1. The molecule has 0 radical (unpaired) electrons. The van der Waals surface area contributed by atoms with Gasteiger partial charge in [-0.05, 0) is 36.7 Å². The van der Waals surface area contributed by atoms with E-state index in [4.69, 9.17) is 11.6 Å². The van der Waals surface area contributed by atoms with Crippen LogP contribution >= 0.6 is 23.1 Å². The van der Waals surface area contributed by atoms with Crippen molar-refractivity contribution in [1.82, 2.24) is 14.9 Å². The maximum Gasteiger partial charge on any atom is 0.264 e. The van der Waals surface area contributed by atoms with Crippen molar-refractivity contribution >= 4 is 29.0 Å². The summed E-state index contributed by atoms with van der Waals surface area (Å²) in [6.45, 7) is 6.81. The fourth-order valence-corrected chi connectivity index (χ4v) is 3.52. The van der Waals surface area contributed by atoms with Gasteiger partial charge in [-0.2, -0.15) is 0 Å². The molecule has 2 atom stereocenters. The highest BCUT2D eigenvalue weighted by atomic mass is 35.5. The lowest BCUT2D eigenvalue weighted by atomic mass is 9.91. The molecule has 6 heteroatoms. The van der Waals surface area contributed by atoms with Gasteiger partial charge in [0.15, 0.2) is 0 Å². The van der Waals surface area contributed by atoms with E-state index in [1.165, 1.54) is 11.5 Å². The van der Waals surface area contributed by atoms with E-state index in [1.807, 2.05) is 20.8 Å². The lowest BCUT2D eigenvalue weighted by molar-refractivity contribution is 0.0949. The molecule has 4 nitrogen and oxygen atoms in total. The minimum Gasteiger partial charge on any atom is -0.351 e. The monoisotopic (exact) mass is 301 g/mol. The summed E-state index contributed by atoms with van der Waals surface area (Å²) in [6, 6.07) is 0.